The zero-order valence-electron chi connectivity index (χ0n) is 18.7. The van der Waals surface area contributed by atoms with Crippen LogP contribution in [0.15, 0.2) is 30.5 Å². The molecule has 35 heavy (non-hydrogen) atoms. The van der Waals surface area contributed by atoms with E-state index in [0.29, 0.717) is 22.8 Å². The third-order valence-corrected chi connectivity index (χ3v) is 5.63. The minimum absolute atomic E-state index is 0.0491. The summed E-state index contributed by atoms with van der Waals surface area (Å²) in [5.74, 6) is 0.978. The number of anilines is 2. The molecule has 10 nitrogen and oxygen atoms in total. The Morgan fingerprint density at radius 2 is 1.97 bits per heavy atom. The molecule has 1 atom stereocenters. The van der Waals surface area contributed by atoms with Gasteiger partial charge in [0.05, 0.1) is 34.8 Å². The number of hydrogen-bond acceptors (Lipinski definition) is 9. The summed E-state index contributed by atoms with van der Waals surface area (Å²) in [6.07, 6.45) is -1.10. The highest BCUT2D eigenvalue weighted by Crippen LogP contribution is 2.35. The van der Waals surface area contributed by atoms with Crippen molar-refractivity contribution in [2.75, 3.05) is 36.5 Å². The van der Waals surface area contributed by atoms with Crippen LogP contribution >= 0.6 is 0 Å². The van der Waals surface area contributed by atoms with Gasteiger partial charge in [-0.05, 0) is 37.5 Å². The van der Waals surface area contributed by atoms with Gasteiger partial charge < -0.3 is 20.1 Å². The number of rotatable bonds is 8. The molecule has 1 saturated heterocycles. The van der Waals surface area contributed by atoms with E-state index in [4.69, 9.17) is 9.84 Å². The van der Waals surface area contributed by atoms with Gasteiger partial charge in [0.2, 0.25) is 0 Å². The average molecular weight is 492 g/mol. The largest absolute Gasteiger partial charge is 0.461 e. The Labute approximate surface area is 197 Å². The van der Waals surface area contributed by atoms with E-state index in [9.17, 15) is 23.3 Å². The smallest absolute Gasteiger partial charge is 0.416 e. The number of non-ortho nitro benzene ring substituents is 1. The molecule has 0 unspecified atom stereocenters. The number of hydrogen-bond donors (Lipinski definition) is 2. The summed E-state index contributed by atoms with van der Waals surface area (Å²) in [5.41, 5.74) is -1.29. The summed E-state index contributed by atoms with van der Waals surface area (Å²) in [6.45, 7) is 2.96. The summed E-state index contributed by atoms with van der Waals surface area (Å²) in [4.78, 5) is 25.6. The van der Waals surface area contributed by atoms with Crippen molar-refractivity contribution in [1.29, 1.82) is 0 Å². The predicted octanol–water partition coefficient (Wildman–Crippen LogP) is 4.10. The fraction of sp³-hybridized carbons (Fsp3) is 0.409. The molecule has 0 saturated carbocycles. The van der Waals surface area contributed by atoms with E-state index in [1.54, 1.807) is 19.2 Å². The van der Waals surface area contributed by atoms with Crippen LogP contribution in [0, 0.1) is 10.1 Å². The van der Waals surface area contributed by atoms with Crippen LogP contribution in [0.5, 0.6) is 6.01 Å². The number of pyridine rings is 1. The number of nitrogens with zero attached hydrogens (tertiary/aromatic N) is 5. The van der Waals surface area contributed by atoms with Gasteiger partial charge >= 0.3 is 12.2 Å². The summed E-state index contributed by atoms with van der Waals surface area (Å²) >= 11 is 0. The lowest BCUT2D eigenvalue weighted by Crippen LogP contribution is -2.19. The summed E-state index contributed by atoms with van der Waals surface area (Å²) < 4.78 is 45.4. The maximum Gasteiger partial charge on any atom is 0.416 e. The third kappa shape index (κ3) is 5.50. The predicted molar refractivity (Wildman–Crippen MR) is 121 cm³/mol. The number of nitro benzene ring substituents is 1. The van der Waals surface area contributed by atoms with Crippen LogP contribution in [0.25, 0.3) is 10.9 Å². The number of fused-ring (bicyclic) bond motifs is 1. The molecule has 0 bridgehead atoms. The molecule has 2 N–H and O–H groups in total. The number of nitro groups is 1. The molecular weight excluding hydrogens is 469 g/mol. The molecular formula is C22H23F3N6O4. The minimum Gasteiger partial charge on any atom is -0.461 e. The second kappa shape index (κ2) is 9.86. The van der Waals surface area contributed by atoms with Crippen molar-refractivity contribution in [3.05, 3.63) is 51.7 Å². The van der Waals surface area contributed by atoms with Crippen LogP contribution in [0.3, 0.4) is 0 Å². The number of aromatic nitrogens is 3. The van der Waals surface area contributed by atoms with Crippen molar-refractivity contribution in [3.8, 4) is 6.01 Å². The van der Waals surface area contributed by atoms with Crippen molar-refractivity contribution >= 4 is 28.2 Å². The van der Waals surface area contributed by atoms with Gasteiger partial charge in [0.1, 0.15) is 18.2 Å². The molecule has 4 rings (SSSR count). The second-order valence-corrected chi connectivity index (χ2v) is 8.11. The number of alkyl halides is 3. The summed E-state index contributed by atoms with van der Waals surface area (Å²) in [5, 5.41) is 23.9. The zero-order valence-corrected chi connectivity index (χ0v) is 18.7. The fourth-order valence-electron chi connectivity index (χ4n) is 3.87. The Bertz CT molecular complexity index is 1230. The Kier molecular flexibility index (Phi) is 6.87. The highest BCUT2D eigenvalue weighted by molar-refractivity contribution is 5.91. The Balaban J connectivity index is 1.75. The Hall–Kier alpha value is -3.74. The molecule has 3 aromatic rings. The molecule has 0 amide bonds. The molecule has 0 radical (unpaired) electrons. The number of aliphatic hydroxyl groups excluding tert-OH is 1. The molecule has 2 aromatic heterocycles. The molecule has 3 heterocycles. The van der Waals surface area contributed by atoms with E-state index in [1.807, 2.05) is 0 Å². The normalized spacial score (nSPS) is 14.8. The number of ether oxygens (including phenoxy) is 1. The van der Waals surface area contributed by atoms with Crippen LogP contribution in [0.2, 0.25) is 0 Å². The number of halogens is 3. The number of nitrogens with one attached hydrogen (secondary N) is 1. The van der Waals surface area contributed by atoms with Crippen molar-refractivity contribution in [2.45, 2.75) is 32.0 Å². The topological polar surface area (TPSA) is 127 Å². The maximum atomic E-state index is 13.4. The Morgan fingerprint density at radius 1 is 1.23 bits per heavy atom. The first-order valence-electron chi connectivity index (χ1n) is 10.9. The molecule has 0 spiro atoms. The first-order chi connectivity index (χ1) is 16.7. The lowest BCUT2D eigenvalue weighted by atomic mass is 10.0. The molecule has 0 aliphatic carbocycles. The summed E-state index contributed by atoms with van der Waals surface area (Å²) in [6, 6.07) is 3.42. The van der Waals surface area contributed by atoms with Crippen molar-refractivity contribution < 1.29 is 27.9 Å². The van der Waals surface area contributed by atoms with Gasteiger partial charge in [-0.15, -0.1) is 0 Å². The van der Waals surface area contributed by atoms with E-state index in [2.05, 4.69) is 25.2 Å². The van der Waals surface area contributed by atoms with Gasteiger partial charge in [0.25, 0.3) is 5.69 Å². The maximum absolute atomic E-state index is 13.4. The average Bonchev–Trinajstić information content (AvgIpc) is 3.36. The first kappa shape index (κ1) is 24.4. The first-order valence-corrected chi connectivity index (χ1v) is 10.9. The van der Waals surface area contributed by atoms with E-state index in [1.165, 1.54) is 0 Å². The third-order valence-electron chi connectivity index (χ3n) is 5.63. The minimum atomic E-state index is -4.75. The van der Waals surface area contributed by atoms with Gasteiger partial charge in [-0.25, -0.2) is 4.98 Å². The SMILES string of the molecule is C[C@@H](Nc1nc(OCCO)nc2cnc(N3CCCC3)cc12)c1cc([N+](=O)[O-])cc(C(F)(F)F)c1. The highest BCUT2D eigenvalue weighted by atomic mass is 19.4. The molecule has 13 heteroatoms. The molecule has 1 aromatic carbocycles. The van der Waals surface area contributed by atoms with Gasteiger partial charge in [0.15, 0.2) is 0 Å². The van der Waals surface area contributed by atoms with Crippen molar-refractivity contribution in [3.63, 3.8) is 0 Å². The number of aliphatic hydroxyl groups is 1. The van der Waals surface area contributed by atoms with Gasteiger partial charge in [-0.2, -0.15) is 23.1 Å². The lowest BCUT2D eigenvalue weighted by Gasteiger charge is -2.20. The fourth-order valence-corrected chi connectivity index (χ4v) is 3.87. The molecule has 1 aliphatic heterocycles. The van der Waals surface area contributed by atoms with Crippen LogP contribution in [0.4, 0.5) is 30.5 Å². The van der Waals surface area contributed by atoms with E-state index in [-0.39, 0.29) is 30.6 Å². The molecule has 1 fully saturated rings. The molecule has 1 aliphatic rings. The quantitative estimate of drug-likeness (QED) is 0.353. The van der Waals surface area contributed by atoms with E-state index < -0.39 is 28.4 Å². The lowest BCUT2D eigenvalue weighted by molar-refractivity contribution is -0.385. The van der Waals surface area contributed by atoms with E-state index >= 15 is 0 Å². The highest BCUT2D eigenvalue weighted by Gasteiger charge is 2.33. The van der Waals surface area contributed by atoms with Gasteiger partial charge in [-0.1, -0.05) is 0 Å². The van der Waals surface area contributed by atoms with Crippen LogP contribution in [-0.4, -0.2) is 51.3 Å². The Morgan fingerprint density at radius 3 is 2.63 bits per heavy atom. The van der Waals surface area contributed by atoms with Gasteiger partial charge in [0, 0.05) is 30.6 Å². The summed E-state index contributed by atoms with van der Waals surface area (Å²) in [7, 11) is 0. The van der Waals surface area contributed by atoms with E-state index in [0.717, 1.165) is 38.1 Å². The van der Waals surface area contributed by atoms with Crippen LogP contribution in [0.1, 0.15) is 36.9 Å². The monoisotopic (exact) mass is 492 g/mol. The standard InChI is InChI=1S/C22H23F3N6O4/c1-13(14-8-15(22(23,24)25)10-16(9-14)31(33)34)27-20-17-11-19(30-4-2-3-5-30)26-12-18(17)28-21(29-20)35-7-6-32/h8-13,32H,2-7H2,1H3,(H,27,28,29)/t13-/m1/s1. The van der Waals surface area contributed by atoms with Crippen molar-refractivity contribution in [2.24, 2.45) is 0 Å². The van der Waals surface area contributed by atoms with Crippen molar-refractivity contribution in [1.82, 2.24) is 15.0 Å². The van der Waals surface area contributed by atoms with Gasteiger partial charge in [-0.3, -0.25) is 10.1 Å². The van der Waals surface area contributed by atoms with Crippen LogP contribution in [-0.2, 0) is 6.18 Å². The second-order valence-electron chi connectivity index (χ2n) is 8.11. The zero-order chi connectivity index (χ0) is 25.2. The van der Waals surface area contributed by atoms with Crippen LogP contribution < -0.4 is 15.0 Å². The number of benzene rings is 1. The molecule has 186 valence electrons.